The lowest BCUT2D eigenvalue weighted by molar-refractivity contribution is 0.0946. The highest BCUT2D eigenvalue weighted by molar-refractivity contribution is 6.24. The number of aliphatic hydroxyl groups is 1. The maximum atomic E-state index is 9.30. The van der Waals surface area contributed by atoms with Crippen LogP contribution in [0.4, 0.5) is 0 Å². The van der Waals surface area contributed by atoms with Crippen molar-refractivity contribution in [3.8, 4) is 0 Å². The maximum Gasteiger partial charge on any atom is 0.0729 e. The summed E-state index contributed by atoms with van der Waals surface area (Å²) in [6.45, 7) is 1.92. The average molecular weight is 149 g/mol. The average Bonchev–Trinajstić information content (AvgIpc) is 1.77. The van der Waals surface area contributed by atoms with Crippen molar-refractivity contribution in [1.82, 2.24) is 0 Å². The third-order valence-corrected chi connectivity index (χ3v) is 2.53. The Balaban J connectivity index is 2.49. The molecule has 0 aromatic carbocycles. The molecule has 2 heteroatoms. The van der Waals surface area contributed by atoms with E-state index in [9.17, 15) is 5.11 Å². The first kappa shape index (κ1) is 7.36. The van der Waals surface area contributed by atoms with Crippen LogP contribution in [0.15, 0.2) is 0 Å². The molecule has 2 atom stereocenters. The van der Waals surface area contributed by atoms with Crippen LogP contribution in [-0.4, -0.2) is 16.1 Å². The lowest BCUT2D eigenvalue weighted by Crippen LogP contribution is -2.36. The van der Waals surface area contributed by atoms with Crippen molar-refractivity contribution in [3.05, 3.63) is 0 Å². The largest absolute Gasteiger partial charge is 0.391 e. The molecule has 0 aromatic rings. The summed E-state index contributed by atoms with van der Waals surface area (Å²) in [5.41, 5.74) is 0. The number of alkyl halides is 1. The SMILES string of the molecule is C[C@@]1(Cl)CCCC[C@H]1O. The predicted octanol–water partition coefficient (Wildman–Crippen LogP) is 1.92. The fourth-order valence-corrected chi connectivity index (χ4v) is 1.52. The van der Waals surface area contributed by atoms with E-state index in [2.05, 4.69) is 0 Å². The predicted molar refractivity (Wildman–Crippen MR) is 38.7 cm³/mol. The fourth-order valence-electron chi connectivity index (χ4n) is 1.28. The molecule has 1 saturated carbocycles. The maximum absolute atomic E-state index is 9.30. The van der Waals surface area contributed by atoms with E-state index in [0.717, 1.165) is 25.7 Å². The van der Waals surface area contributed by atoms with E-state index in [1.807, 2.05) is 6.92 Å². The summed E-state index contributed by atoms with van der Waals surface area (Å²) in [6, 6.07) is 0. The van der Waals surface area contributed by atoms with E-state index in [4.69, 9.17) is 11.6 Å². The summed E-state index contributed by atoms with van der Waals surface area (Å²) in [6.07, 6.45) is 3.84. The molecule has 1 fully saturated rings. The lowest BCUT2D eigenvalue weighted by atomic mass is 9.87. The van der Waals surface area contributed by atoms with Gasteiger partial charge in [-0.15, -0.1) is 11.6 Å². The van der Waals surface area contributed by atoms with Crippen molar-refractivity contribution in [2.45, 2.75) is 43.6 Å². The van der Waals surface area contributed by atoms with Crippen molar-refractivity contribution in [2.75, 3.05) is 0 Å². The molecule has 1 aliphatic rings. The Kier molecular flexibility index (Phi) is 2.02. The summed E-state index contributed by atoms with van der Waals surface area (Å²) in [7, 11) is 0. The Bertz CT molecular complexity index is 101. The summed E-state index contributed by atoms with van der Waals surface area (Å²) in [5, 5.41) is 9.30. The molecule has 0 unspecified atom stereocenters. The summed E-state index contributed by atoms with van der Waals surface area (Å²) in [4.78, 5) is -0.335. The van der Waals surface area contributed by atoms with Gasteiger partial charge in [0.1, 0.15) is 0 Å². The van der Waals surface area contributed by atoms with Gasteiger partial charge < -0.3 is 5.11 Å². The molecule has 9 heavy (non-hydrogen) atoms. The second kappa shape index (κ2) is 2.47. The van der Waals surface area contributed by atoms with Crippen molar-refractivity contribution in [1.29, 1.82) is 0 Å². The molecule has 0 aliphatic heterocycles. The smallest absolute Gasteiger partial charge is 0.0729 e. The number of aliphatic hydroxyl groups excluding tert-OH is 1. The molecular formula is C7H13ClO. The normalized spacial score (nSPS) is 45.0. The van der Waals surface area contributed by atoms with Gasteiger partial charge in [0.2, 0.25) is 0 Å². The van der Waals surface area contributed by atoms with E-state index in [-0.39, 0.29) is 11.0 Å². The first-order valence-corrected chi connectivity index (χ1v) is 3.88. The van der Waals surface area contributed by atoms with E-state index in [1.165, 1.54) is 0 Å². The van der Waals surface area contributed by atoms with Gasteiger partial charge in [0, 0.05) is 0 Å². The van der Waals surface area contributed by atoms with E-state index in [1.54, 1.807) is 0 Å². The molecule has 0 bridgehead atoms. The van der Waals surface area contributed by atoms with Gasteiger partial charge in [-0.2, -0.15) is 0 Å². The Morgan fingerprint density at radius 3 is 2.56 bits per heavy atom. The van der Waals surface area contributed by atoms with Crippen LogP contribution in [0, 0.1) is 0 Å². The van der Waals surface area contributed by atoms with Gasteiger partial charge in [-0.05, 0) is 19.8 Å². The van der Waals surface area contributed by atoms with Gasteiger partial charge >= 0.3 is 0 Å². The Morgan fingerprint density at radius 2 is 2.22 bits per heavy atom. The molecule has 1 rings (SSSR count). The fraction of sp³-hybridized carbons (Fsp3) is 1.00. The minimum atomic E-state index is -0.335. The molecule has 1 aliphatic carbocycles. The second-order valence-corrected chi connectivity index (χ2v) is 3.90. The van der Waals surface area contributed by atoms with Crippen LogP contribution in [0.1, 0.15) is 32.6 Å². The van der Waals surface area contributed by atoms with Gasteiger partial charge in [0.25, 0.3) is 0 Å². The Hall–Kier alpha value is 0.250. The molecule has 0 heterocycles. The molecule has 0 amide bonds. The van der Waals surface area contributed by atoms with E-state index in [0.29, 0.717) is 0 Å². The van der Waals surface area contributed by atoms with Crippen molar-refractivity contribution >= 4 is 11.6 Å². The highest BCUT2D eigenvalue weighted by atomic mass is 35.5. The minimum absolute atomic E-state index is 0.284. The Labute approximate surface area is 61.0 Å². The van der Waals surface area contributed by atoms with Crippen LogP contribution in [0.3, 0.4) is 0 Å². The van der Waals surface area contributed by atoms with Crippen molar-refractivity contribution in [3.63, 3.8) is 0 Å². The number of hydrogen-bond donors (Lipinski definition) is 1. The quantitative estimate of drug-likeness (QED) is 0.521. The van der Waals surface area contributed by atoms with Gasteiger partial charge in [-0.1, -0.05) is 12.8 Å². The zero-order valence-electron chi connectivity index (χ0n) is 5.73. The molecule has 0 spiro atoms. The summed E-state index contributed by atoms with van der Waals surface area (Å²) in [5.74, 6) is 0. The van der Waals surface area contributed by atoms with Gasteiger partial charge in [0.15, 0.2) is 0 Å². The van der Waals surface area contributed by atoms with E-state index >= 15 is 0 Å². The van der Waals surface area contributed by atoms with Crippen LogP contribution in [0.2, 0.25) is 0 Å². The monoisotopic (exact) mass is 148 g/mol. The standard InChI is InChI=1S/C7H13ClO/c1-7(8)5-3-2-4-6(7)9/h6,9H,2-5H2,1H3/t6-,7-/m1/s1. The topological polar surface area (TPSA) is 20.2 Å². The third kappa shape index (κ3) is 1.59. The lowest BCUT2D eigenvalue weighted by Gasteiger charge is -2.32. The zero-order valence-corrected chi connectivity index (χ0v) is 6.49. The molecule has 0 saturated heterocycles. The van der Waals surface area contributed by atoms with Crippen LogP contribution in [-0.2, 0) is 0 Å². The van der Waals surface area contributed by atoms with Crippen molar-refractivity contribution in [2.24, 2.45) is 0 Å². The van der Waals surface area contributed by atoms with Gasteiger partial charge in [-0.3, -0.25) is 0 Å². The zero-order chi connectivity index (χ0) is 6.91. The molecule has 0 radical (unpaired) electrons. The Morgan fingerprint density at radius 1 is 1.56 bits per heavy atom. The highest BCUT2D eigenvalue weighted by Crippen LogP contribution is 2.33. The third-order valence-electron chi connectivity index (χ3n) is 2.09. The van der Waals surface area contributed by atoms with Crippen LogP contribution >= 0.6 is 11.6 Å². The first-order chi connectivity index (χ1) is 4.13. The second-order valence-electron chi connectivity index (χ2n) is 3.04. The van der Waals surface area contributed by atoms with E-state index < -0.39 is 0 Å². The molecule has 54 valence electrons. The highest BCUT2D eigenvalue weighted by Gasteiger charge is 2.32. The van der Waals surface area contributed by atoms with Crippen LogP contribution < -0.4 is 0 Å². The first-order valence-electron chi connectivity index (χ1n) is 3.50. The molecule has 0 aromatic heterocycles. The van der Waals surface area contributed by atoms with Crippen LogP contribution in [0.5, 0.6) is 0 Å². The number of hydrogen-bond acceptors (Lipinski definition) is 1. The molecule has 1 N–H and O–H groups in total. The summed E-state index contributed by atoms with van der Waals surface area (Å²) < 4.78 is 0. The summed E-state index contributed by atoms with van der Waals surface area (Å²) >= 11 is 5.97. The molecular weight excluding hydrogens is 136 g/mol. The van der Waals surface area contributed by atoms with Crippen molar-refractivity contribution < 1.29 is 5.11 Å². The molecule has 1 nitrogen and oxygen atoms in total. The van der Waals surface area contributed by atoms with Crippen LogP contribution in [0.25, 0.3) is 0 Å². The number of halogens is 1. The van der Waals surface area contributed by atoms with Gasteiger partial charge in [-0.25, -0.2) is 0 Å². The van der Waals surface area contributed by atoms with Gasteiger partial charge in [0.05, 0.1) is 11.0 Å². The minimum Gasteiger partial charge on any atom is -0.391 e. The number of rotatable bonds is 0.